The Labute approximate surface area is 169 Å². The minimum atomic E-state index is 0.716. The van der Waals surface area contributed by atoms with Gasteiger partial charge in [-0.25, -0.2) is 0 Å². The van der Waals surface area contributed by atoms with Gasteiger partial charge in [0.05, 0.1) is 0 Å². The molecule has 0 fully saturated rings. The number of halogens is 1. The highest BCUT2D eigenvalue weighted by atomic mass is 35.5. The van der Waals surface area contributed by atoms with Crippen molar-refractivity contribution in [1.29, 1.82) is 0 Å². The first-order valence-corrected chi connectivity index (χ1v) is 9.76. The minimum absolute atomic E-state index is 0.716. The van der Waals surface area contributed by atoms with Crippen LogP contribution in [-0.4, -0.2) is 0 Å². The van der Waals surface area contributed by atoms with Gasteiger partial charge in [0.2, 0.25) is 0 Å². The average Bonchev–Trinajstić information content (AvgIpc) is 3.06. The Hall–Kier alpha value is -3.03. The lowest BCUT2D eigenvalue weighted by atomic mass is 9.95. The zero-order chi connectivity index (χ0) is 19.3. The average molecular weight is 383 g/mol. The van der Waals surface area contributed by atoms with Crippen molar-refractivity contribution in [3.05, 3.63) is 95.0 Å². The molecule has 0 spiro atoms. The standard InChI is InChI=1S/C26H19ClO/c1-16-3-7-18(8-4-16)20-13-22(19-9-5-17(2)6-10-19)26-24(14-20)23-15-21(27)11-12-25(23)28-26/h3-15H,1-2H3. The molecular weight excluding hydrogens is 364 g/mol. The number of rotatable bonds is 2. The van der Waals surface area contributed by atoms with Gasteiger partial charge in [-0.2, -0.15) is 0 Å². The third-order valence-corrected chi connectivity index (χ3v) is 5.52. The van der Waals surface area contributed by atoms with Crippen molar-refractivity contribution < 1.29 is 4.42 Å². The molecule has 0 saturated carbocycles. The van der Waals surface area contributed by atoms with Crippen LogP contribution in [0.4, 0.5) is 0 Å². The number of furan rings is 1. The van der Waals surface area contributed by atoms with Crippen molar-refractivity contribution in [2.75, 3.05) is 0 Å². The maximum atomic E-state index is 6.28. The summed E-state index contributed by atoms with van der Waals surface area (Å²) in [7, 11) is 0. The van der Waals surface area contributed by atoms with Crippen LogP contribution in [0.3, 0.4) is 0 Å². The lowest BCUT2D eigenvalue weighted by Gasteiger charge is -2.09. The topological polar surface area (TPSA) is 13.1 Å². The van der Waals surface area contributed by atoms with E-state index in [0.717, 1.165) is 33.1 Å². The van der Waals surface area contributed by atoms with Crippen LogP contribution in [-0.2, 0) is 0 Å². The highest BCUT2D eigenvalue weighted by Gasteiger charge is 2.15. The second-order valence-corrected chi connectivity index (χ2v) is 7.81. The lowest BCUT2D eigenvalue weighted by Crippen LogP contribution is -1.84. The van der Waals surface area contributed by atoms with E-state index >= 15 is 0 Å². The molecule has 1 nitrogen and oxygen atoms in total. The van der Waals surface area contributed by atoms with Crippen LogP contribution >= 0.6 is 11.6 Å². The van der Waals surface area contributed by atoms with Gasteiger partial charge in [0.1, 0.15) is 11.2 Å². The van der Waals surface area contributed by atoms with Gasteiger partial charge in [-0.1, -0.05) is 71.3 Å². The number of benzene rings is 4. The molecule has 0 saturated heterocycles. The monoisotopic (exact) mass is 382 g/mol. The summed E-state index contributed by atoms with van der Waals surface area (Å²) in [5, 5.41) is 2.85. The third kappa shape index (κ3) is 2.89. The van der Waals surface area contributed by atoms with Gasteiger partial charge in [0, 0.05) is 21.4 Å². The maximum absolute atomic E-state index is 6.28. The Morgan fingerprint density at radius 2 is 1.25 bits per heavy atom. The first kappa shape index (κ1) is 17.1. The number of aryl methyl sites for hydroxylation is 2. The molecule has 2 heteroatoms. The van der Waals surface area contributed by atoms with Crippen LogP contribution in [0.1, 0.15) is 11.1 Å². The van der Waals surface area contributed by atoms with Crippen LogP contribution < -0.4 is 0 Å². The molecule has 5 rings (SSSR count). The fourth-order valence-electron chi connectivity index (χ4n) is 3.71. The molecule has 0 aliphatic rings. The number of fused-ring (bicyclic) bond motifs is 3. The van der Waals surface area contributed by atoms with E-state index in [1.54, 1.807) is 0 Å². The van der Waals surface area contributed by atoms with Crippen LogP contribution in [0.5, 0.6) is 0 Å². The molecule has 0 bridgehead atoms. The predicted octanol–water partition coefficient (Wildman–Crippen LogP) is 8.19. The van der Waals surface area contributed by atoms with Crippen LogP contribution in [0, 0.1) is 13.8 Å². The molecular formula is C26H19ClO. The molecule has 1 heterocycles. The summed E-state index contributed by atoms with van der Waals surface area (Å²) < 4.78 is 6.27. The van der Waals surface area contributed by atoms with Crippen molar-refractivity contribution >= 4 is 33.5 Å². The zero-order valence-corrected chi connectivity index (χ0v) is 16.5. The third-order valence-electron chi connectivity index (χ3n) is 5.28. The van der Waals surface area contributed by atoms with Crippen LogP contribution in [0.2, 0.25) is 5.02 Å². The molecule has 0 N–H and O–H groups in total. The van der Waals surface area contributed by atoms with Gasteiger partial charge in [0.15, 0.2) is 0 Å². The Morgan fingerprint density at radius 3 is 1.93 bits per heavy atom. The number of hydrogen-bond acceptors (Lipinski definition) is 1. The number of hydrogen-bond donors (Lipinski definition) is 0. The van der Waals surface area contributed by atoms with E-state index in [1.165, 1.54) is 22.3 Å². The van der Waals surface area contributed by atoms with Crippen molar-refractivity contribution in [2.24, 2.45) is 0 Å². The van der Waals surface area contributed by atoms with Crippen LogP contribution in [0.25, 0.3) is 44.2 Å². The molecule has 5 aromatic rings. The Morgan fingerprint density at radius 1 is 0.607 bits per heavy atom. The Bertz CT molecular complexity index is 1310. The van der Waals surface area contributed by atoms with Gasteiger partial charge >= 0.3 is 0 Å². The van der Waals surface area contributed by atoms with Crippen LogP contribution in [0.15, 0.2) is 83.3 Å². The van der Waals surface area contributed by atoms with E-state index in [-0.39, 0.29) is 0 Å². The van der Waals surface area contributed by atoms with E-state index in [2.05, 4.69) is 74.5 Å². The van der Waals surface area contributed by atoms with Crippen molar-refractivity contribution in [1.82, 2.24) is 0 Å². The largest absolute Gasteiger partial charge is 0.455 e. The molecule has 136 valence electrons. The van der Waals surface area contributed by atoms with Gasteiger partial charge in [-0.3, -0.25) is 0 Å². The van der Waals surface area contributed by atoms with Gasteiger partial charge in [-0.05, 0) is 60.9 Å². The van der Waals surface area contributed by atoms with E-state index < -0.39 is 0 Å². The van der Waals surface area contributed by atoms with E-state index in [0.29, 0.717) is 5.02 Å². The maximum Gasteiger partial charge on any atom is 0.143 e. The highest BCUT2D eigenvalue weighted by molar-refractivity contribution is 6.31. The molecule has 0 unspecified atom stereocenters. The Balaban J connectivity index is 1.86. The summed E-state index contributed by atoms with van der Waals surface area (Å²) in [4.78, 5) is 0. The summed E-state index contributed by atoms with van der Waals surface area (Å²) >= 11 is 6.28. The Kier molecular flexibility index (Phi) is 3.99. The second kappa shape index (κ2) is 6.54. The summed E-state index contributed by atoms with van der Waals surface area (Å²) in [6.07, 6.45) is 0. The van der Waals surface area contributed by atoms with Crippen molar-refractivity contribution in [3.63, 3.8) is 0 Å². The molecule has 0 aliphatic carbocycles. The predicted molar refractivity (Wildman–Crippen MR) is 119 cm³/mol. The first-order valence-electron chi connectivity index (χ1n) is 9.38. The van der Waals surface area contributed by atoms with Gasteiger partial charge in [0.25, 0.3) is 0 Å². The smallest absolute Gasteiger partial charge is 0.143 e. The van der Waals surface area contributed by atoms with Crippen molar-refractivity contribution in [3.8, 4) is 22.3 Å². The quantitative estimate of drug-likeness (QED) is 0.300. The lowest BCUT2D eigenvalue weighted by molar-refractivity contribution is 0.670. The molecule has 0 atom stereocenters. The molecule has 1 aromatic heterocycles. The van der Waals surface area contributed by atoms with Crippen molar-refractivity contribution in [2.45, 2.75) is 13.8 Å². The highest BCUT2D eigenvalue weighted by Crippen LogP contribution is 2.40. The molecule has 0 aliphatic heterocycles. The summed E-state index contributed by atoms with van der Waals surface area (Å²) in [6, 6.07) is 27.5. The van der Waals surface area contributed by atoms with E-state index in [9.17, 15) is 0 Å². The minimum Gasteiger partial charge on any atom is -0.455 e. The second-order valence-electron chi connectivity index (χ2n) is 7.38. The molecule has 0 radical (unpaired) electrons. The summed E-state index contributed by atoms with van der Waals surface area (Å²) in [5.41, 5.74) is 8.86. The first-order chi connectivity index (χ1) is 13.6. The normalized spacial score (nSPS) is 11.4. The fourth-order valence-corrected chi connectivity index (χ4v) is 3.88. The molecule has 28 heavy (non-hydrogen) atoms. The van der Waals surface area contributed by atoms with E-state index in [4.69, 9.17) is 16.0 Å². The van der Waals surface area contributed by atoms with Gasteiger partial charge < -0.3 is 4.42 Å². The SMILES string of the molecule is Cc1ccc(-c2cc(-c3ccc(C)cc3)c3oc4ccc(Cl)cc4c3c2)cc1. The van der Waals surface area contributed by atoms with Gasteiger partial charge in [-0.15, -0.1) is 0 Å². The summed E-state index contributed by atoms with van der Waals surface area (Å²) in [5.74, 6) is 0. The zero-order valence-electron chi connectivity index (χ0n) is 15.8. The summed E-state index contributed by atoms with van der Waals surface area (Å²) in [6.45, 7) is 4.21. The fraction of sp³-hybridized carbons (Fsp3) is 0.0769. The molecule has 4 aromatic carbocycles. The van der Waals surface area contributed by atoms with E-state index in [1.807, 2.05) is 18.2 Å². The molecule has 0 amide bonds.